The van der Waals surface area contributed by atoms with Crippen LogP contribution in [0.3, 0.4) is 0 Å². The van der Waals surface area contributed by atoms with Gasteiger partial charge in [-0.05, 0) is 64.2 Å². The van der Waals surface area contributed by atoms with Crippen molar-refractivity contribution in [2.24, 2.45) is 0 Å². The Morgan fingerprint density at radius 2 is 1.09 bits per heavy atom. The van der Waals surface area contributed by atoms with E-state index < -0.39 is 0 Å². The first-order valence-electron chi connectivity index (χ1n) is 11.0. The van der Waals surface area contributed by atoms with Crippen molar-refractivity contribution in [1.82, 2.24) is 0 Å². The number of hydrogen-bond acceptors (Lipinski definition) is 4. The van der Waals surface area contributed by atoms with Crippen LogP contribution in [-0.2, 0) is 0 Å². The summed E-state index contributed by atoms with van der Waals surface area (Å²) in [5.41, 5.74) is 6.96. The summed E-state index contributed by atoms with van der Waals surface area (Å²) in [4.78, 5) is 13.8. The molecule has 0 aliphatic heterocycles. The Morgan fingerprint density at radius 3 is 1.71 bits per heavy atom. The minimum Gasteiger partial charge on any atom is -0.497 e. The minimum atomic E-state index is -0.0178. The summed E-state index contributed by atoms with van der Waals surface area (Å²) in [5.74, 6) is 2.00. The van der Waals surface area contributed by atoms with E-state index in [0.717, 1.165) is 39.1 Å². The third kappa shape index (κ3) is 3.73. The summed E-state index contributed by atoms with van der Waals surface area (Å²) in [7, 11) is 4.85. The predicted octanol–water partition coefficient (Wildman–Crippen LogP) is 6.53. The maximum atomic E-state index is 13.8. The van der Waals surface area contributed by atoms with Crippen LogP contribution in [-0.4, -0.2) is 27.1 Å². The standard InChI is InChI=1S/C30H24O4/c1-32-23-12-9-20(10-13-23)28-27-17-21(19-7-5-4-6-8-19)11-14-26(27)30(31)29(28)22-15-24(33-2)18-25(16-22)34-3/h4-18H,1-3H3. The van der Waals surface area contributed by atoms with Gasteiger partial charge in [0.15, 0.2) is 5.78 Å². The molecular formula is C30H24O4. The van der Waals surface area contributed by atoms with Crippen LogP contribution in [0.1, 0.15) is 27.0 Å². The summed E-state index contributed by atoms with van der Waals surface area (Å²) in [6.07, 6.45) is 0. The molecule has 0 saturated heterocycles. The van der Waals surface area contributed by atoms with Crippen molar-refractivity contribution in [3.05, 3.63) is 113 Å². The summed E-state index contributed by atoms with van der Waals surface area (Å²) >= 11 is 0. The average Bonchev–Trinajstić information content (AvgIpc) is 3.20. The van der Waals surface area contributed by atoms with Gasteiger partial charge in [0.25, 0.3) is 0 Å². The molecule has 4 aromatic rings. The number of hydrogen-bond donors (Lipinski definition) is 0. The number of carbonyl (C=O) groups excluding carboxylic acids is 1. The molecule has 0 aromatic heterocycles. The van der Waals surface area contributed by atoms with Gasteiger partial charge < -0.3 is 14.2 Å². The van der Waals surface area contributed by atoms with Crippen LogP contribution in [0.2, 0.25) is 0 Å². The first-order chi connectivity index (χ1) is 16.6. The van der Waals surface area contributed by atoms with E-state index in [1.54, 1.807) is 27.4 Å². The number of fused-ring (bicyclic) bond motifs is 1. The molecule has 34 heavy (non-hydrogen) atoms. The summed E-state index contributed by atoms with van der Waals surface area (Å²) in [6, 6.07) is 29.6. The highest BCUT2D eigenvalue weighted by molar-refractivity contribution is 6.41. The fraction of sp³-hybridized carbons (Fsp3) is 0.100. The van der Waals surface area contributed by atoms with E-state index in [4.69, 9.17) is 14.2 Å². The lowest BCUT2D eigenvalue weighted by Gasteiger charge is -2.12. The van der Waals surface area contributed by atoms with E-state index in [1.807, 2.05) is 66.7 Å². The quantitative estimate of drug-likeness (QED) is 0.336. The third-order valence-electron chi connectivity index (χ3n) is 6.14. The lowest BCUT2D eigenvalue weighted by Crippen LogP contribution is -2.00. The number of benzene rings is 4. The number of methoxy groups -OCH3 is 3. The third-order valence-corrected chi connectivity index (χ3v) is 6.14. The predicted molar refractivity (Wildman–Crippen MR) is 135 cm³/mol. The molecule has 1 aliphatic rings. The molecule has 0 fully saturated rings. The summed E-state index contributed by atoms with van der Waals surface area (Å²) < 4.78 is 16.3. The van der Waals surface area contributed by atoms with Gasteiger partial charge in [0.2, 0.25) is 0 Å². The van der Waals surface area contributed by atoms with Crippen LogP contribution in [0, 0.1) is 0 Å². The lowest BCUT2D eigenvalue weighted by atomic mass is 9.92. The van der Waals surface area contributed by atoms with Gasteiger partial charge in [0, 0.05) is 22.8 Å². The molecule has 0 heterocycles. The highest BCUT2D eigenvalue weighted by Gasteiger charge is 2.32. The molecule has 0 spiro atoms. The van der Waals surface area contributed by atoms with E-state index >= 15 is 0 Å². The number of Topliss-reactive ketones (excluding diaryl/α,β-unsaturated/α-hetero) is 1. The van der Waals surface area contributed by atoms with E-state index in [-0.39, 0.29) is 5.78 Å². The van der Waals surface area contributed by atoms with Crippen molar-refractivity contribution in [2.45, 2.75) is 0 Å². The Morgan fingerprint density at radius 1 is 0.471 bits per heavy atom. The molecule has 0 atom stereocenters. The molecule has 0 radical (unpaired) electrons. The van der Waals surface area contributed by atoms with Gasteiger partial charge in [-0.2, -0.15) is 0 Å². The fourth-order valence-corrected chi connectivity index (χ4v) is 4.43. The van der Waals surface area contributed by atoms with Crippen LogP contribution in [0.4, 0.5) is 0 Å². The molecule has 4 nitrogen and oxygen atoms in total. The van der Waals surface area contributed by atoms with Crippen molar-refractivity contribution >= 4 is 16.9 Å². The van der Waals surface area contributed by atoms with Crippen molar-refractivity contribution in [1.29, 1.82) is 0 Å². The van der Waals surface area contributed by atoms with Crippen molar-refractivity contribution in [3.8, 4) is 28.4 Å². The van der Waals surface area contributed by atoms with Gasteiger partial charge in [-0.25, -0.2) is 0 Å². The molecule has 0 amide bonds. The number of ether oxygens (including phenoxy) is 3. The number of carbonyl (C=O) groups is 1. The second kappa shape index (κ2) is 8.91. The molecule has 0 unspecified atom stereocenters. The molecule has 0 N–H and O–H groups in total. The largest absolute Gasteiger partial charge is 0.497 e. The van der Waals surface area contributed by atoms with E-state index in [1.165, 1.54) is 0 Å². The lowest BCUT2D eigenvalue weighted by molar-refractivity contribution is 0.105. The van der Waals surface area contributed by atoms with Crippen LogP contribution in [0.25, 0.3) is 22.3 Å². The van der Waals surface area contributed by atoms with Gasteiger partial charge in [0.05, 0.1) is 21.3 Å². The molecule has 0 saturated carbocycles. The summed E-state index contributed by atoms with van der Waals surface area (Å²) in [6.45, 7) is 0. The van der Waals surface area contributed by atoms with Crippen molar-refractivity contribution in [3.63, 3.8) is 0 Å². The molecular weight excluding hydrogens is 424 g/mol. The molecule has 4 aromatic carbocycles. The van der Waals surface area contributed by atoms with E-state index in [0.29, 0.717) is 22.6 Å². The van der Waals surface area contributed by atoms with Gasteiger partial charge in [0.1, 0.15) is 17.2 Å². The number of rotatable bonds is 6. The Bertz CT molecular complexity index is 1380. The zero-order valence-electron chi connectivity index (χ0n) is 19.3. The Kier molecular flexibility index (Phi) is 5.64. The van der Waals surface area contributed by atoms with Crippen LogP contribution in [0.5, 0.6) is 17.2 Å². The topological polar surface area (TPSA) is 44.8 Å². The minimum absolute atomic E-state index is 0.0178. The van der Waals surface area contributed by atoms with Gasteiger partial charge in [-0.3, -0.25) is 4.79 Å². The van der Waals surface area contributed by atoms with E-state index in [9.17, 15) is 4.79 Å². The first kappa shape index (κ1) is 21.5. The smallest absolute Gasteiger partial charge is 0.194 e. The molecule has 0 bridgehead atoms. The second-order valence-electron chi connectivity index (χ2n) is 8.04. The first-order valence-corrected chi connectivity index (χ1v) is 11.0. The van der Waals surface area contributed by atoms with Gasteiger partial charge in [-0.15, -0.1) is 0 Å². The van der Waals surface area contributed by atoms with E-state index in [2.05, 4.69) is 18.2 Å². The molecule has 4 heteroatoms. The summed E-state index contributed by atoms with van der Waals surface area (Å²) in [5, 5.41) is 0. The number of ketones is 1. The zero-order valence-corrected chi connectivity index (χ0v) is 19.3. The molecule has 1 aliphatic carbocycles. The van der Waals surface area contributed by atoms with Crippen LogP contribution >= 0.6 is 0 Å². The maximum Gasteiger partial charge on any atom is 0.194 e. The molecule has 168 valence electrons. The average molecular weight is 449 g/mol. The highest BCUT2D eigenvalue weighted by atomic mass is 16.5. The monoisotopic (exact) mass is 448 g/mol. The second-order valence-corrected chi connectivity index (χ2v) is 8.04. The van der Waals surface area contributed by atoms with Crippen LogP contribution < -0.4 is 14.2 Å². The van der Waals surface area contributed by atoms with Gasteiger partial charge in [-0.1, -0.05) is 48.5 Å². The fourth-order valence-electron chi connectivity index (χ4n) is 4.43. The maximum absolute atomic E-state index is 13.8. The Labute approximate surface area is 199 Å². The SMILES string of the molecule is COc1ccc(C2=C(c3cc(OC)cc(OC)c3)C(=O)c3ccc(-c4ccccc4)cc32)cc1. The zero-order chi connectivity index (χ0) is 23.7. The van der Waals surface area contributed by atoms with Crippen molar-refractivity contribution < 1.29 is 19.0 Å². The number of allylic oxidation sites excluding steroid dienone is 1. The molecule has 5 rings (SSSR count). The van der Waals surface area contributed by atoms with Crippen LogP contribution in [0.15, 0.2) is 91.0 Å². The Balaban J connectivity index is 1.77. The highest BCUT2D eigenvalue weighted by Crippen LogP contribution is 2.45. The normalized spacial score (nSPS) is 12.5. The van der Waals surface area contributed by atoms with Gasteiger partial charge >= 0.3 is 0 Å². The van der Waals surface area contributed by atoms with Crippen molar-refractivity contribution in [2.75, 3.05) is 21.3 Å². The Hall–Kier alpha value is -4.31.